The molecule has 0 bridgehead atoms. The molecule has 1 fully saturated rings. The van der Waals surface area contributed by atoms with Gasteiger partial charge in [-0.2, -0.15) is 0 Å². The third-order valence-corrected chi connectivity index (χ3v) is 5.77. The number of aromatic nitrogens is 1. The molecule has 3 N–H and O–H groups in total. The third kappa shape index (κ3) is 3.58. The predicted octanol–water partition coefficient (Wildman–Crippen LogP) is 3.13. The predicted molar refractivity (Wildman–Crippen MR) is 113 cm³/mol. The molecule has 1 atom stereocenters. The first-order valence-electron chi connectivity index (χ1n) is 10.2. The summed E-state index contributed by atoms with van der Waals surface area (Å²) in [5.74, 6) is -0.0637. The summed E-state index contributed by atoms with van der Waals surface area (Å²) >= 11 is 0. The van der Waals surface area contributed by atoms with Crippen molar-refractivity contribution in [3.63, 3.8) is 0 Å². The van der Waals surface area contributed by atoms with E-state index in [1.54, 1.807) is 0 Å². The van der Waals surface area contributed by atoms with Crippen LogP contribution in [0.25, 0.3) is 10.9 Å². The summed E-state index contributed by atoms with van der Waals surface area (Å²) in [4.78, 5) is 31.0. The van der Waals surface area contributed by atoms with Crippen LogP contribution in [0.4, 0.5) is 10.5 Å². The van der Waals surface area contributed by atoms with Gasteiger partial charge in [0.2, 0.25) is 5.91 Å². The summed E-state index contributed by atoms with van der Waals surface area (Å²) in [6.07, 6.45) is 5.24. The van der Waals surface area contributed by atoms with E-state index in [1.165, 1.54) is 5.56 Å². The highest BCUT2D eigenvalue weighted by Gasteiger charge is 2.32. The number of anilines is 1. The number of hydrogen-bond donors (Lipinski definition) is 3. The third-order valence-electron chi connectivity index (χ3n) is 5.77. The molecule has 0 saturated heterocycles. The molecule has 3 amide bonds. The van der Waals surface area contributed by atoms with Crippen LogP contribution in [0.2, 0.25) is 0 Å². The molecule has 0 unspecified atom stereocenters. The van der Waals surface area contributed by atoms with Crippen LogP contribution in [-0.2, 0) is 17.6 Å². The SMILES string of the molecule is O=C(NC1CC1)N[C@@H](Cc1c[nH]c2ccccc12)C(=O)N1CCc2ccccc21. The van der Waals surface area contributed by atoms with Gasteiger partial charge < -0.3 is 20.5 Å². The molecule has 2 aliphatic rings. The lowest BCUT2D eigenvalue weighted by molar-refractivity contribution is -0.120. The van der Waals surface area contributed by atoms with Crippen molar-refractivity contribution >= 4 is 28.5 Å². The Hall–Kier alpha value is -3.28. The number of carbonyl (C=O) groups is 2. The number of nitrogens with one attached hydrogen (secondary N) is 3. The summed E-state index contributed by atoms with van der Waals surface area (Å²) in [6.45, 7) is 0.647. The van der Waals surface area contributed by atoms with Gasteiger partial charge in [0.05, 0.1) is 0 Å². The summed E-state index contributed by atoms with van der Waals surface area (Å²) in [6, 6.07) is 15.4. The highest BCUT2D eigenvalue weighted by atomic mass is 16.2. The Morgan fingerprint density at radius 1 is 1.10 bits per heavy atom. The van der Waals surface area contributed by atoms with Gasteiger partial charge >= 0.3 is 6.03 Å². The fourth-order valence-corrected chi connectivity index (χ4v) is 4.09. The van der Waals surface area contributed by atoms with Gasteiger partial charge in [0, 0.05) is 41.8 Å². The minimum absolute atomic E-state index is 0.0637. The average Bonchev–Trinajstić information content (AvgIpc) is 3.30. The first-order chi connectivity index (χ1) is 14.2. The van der Waals surface area contributed by atoms with Crippen LogP contribution < -0.4 is 15.5 Å². The van der Waals surface area contributed by atoms with E-state index < -0.39 is 6.04 Å². The maximum atomic E-state index is 13.5. The monoisotopic (exact) mass is 388 g/mol. The molecule has 0 spiro atoms. The van der Waals surface area contributed by atoms with E-state index in [0.29, 0.717) is 13.0 Å². The molecule has 1 saturated carbocycles. The summed E-state index contributed by atoms with van der Waals surface area (Å²) in [7, 11) is 0. The van der Waals surface area contributed by atoms with E-state index in [0.717, 1.165) is 41.4 Å². The second-order valence-electron chi connectivity index (χ2n) is 7.88. The largest absolute Gasteiger partial charge is 0.361 e. The maximum Gasteiger partial charge on any atom is 0.315 e. The number of amides is 3. The number of H-pyrrole nitrogens is 1. The highest BCUT2D eigenvalue weighted by Crippen LogP contribution is 2.29. The Bertz CT molecular complexity index is 1070. The van der Waals surface area contributed by atoms with Gasteiger partial charge in [0.25, 0.3) is 0 Å². The van der Waals surface area contributed by atoms with Crippen molar-refractivity contribution in [2.75, 3.05) is 11.4 Å². The van der Waals surface area contributed by atoms with Gasteiger partial charge in [-0.15, -0.1) is 0 Å². The molecule has 6 heteroatoms. The first-order valence-corrected chi connectivity index (χ1v) is 10.2. The van der Waals surface area contributed by atoms with Crippen molar-refractivity contribution in [2.24, 2.45) is 0 Å². The molecule has 6 nitrogen and oxygen atoms in total. The number of nitrogens with zero attached hydrogens (tertiary/aromatic N) is 1. The average molecular weight is 388 g/mol. The van der Waals surface area contributed by atoms with E-state index in [-0.39, 0.29) is 18.0 Å². The molecule has 148 valence electrons. The number of benzene rings is 2. The van der Waals surface area contributed by atoms with E-state index in [1.807, 2.05) is 53.6 Å². The lowest BCUT2D eigenvalue weighted by atomic mass is 10.0. The first kappa shape index (κ1) is 17.8. The lowest BCUT2D eigenvalue weighted by Gasteiger charge is -2.25. The van der Waals surface area contributed by atoms with Crippen LogP contribution in [0.3, 0.4) is 0 Å². The van der Waals surface area contributed by atoms with Crippen molar-refractivity contribution in [3.8, 4) is 0 Å². The van der Waals surface area contributed by atoms with Crippen LogP contribution in [0.5, 0.6) is 0 Å². The Morgan fingerprint density at radius 3 is 2.76 bits per heavy atom. The molecule has 3 aromatic rings. The van der Waals surface area contributed by atoms with Crippen molar-refractivity contribution in [1.29, 1.82) is 0 Å². The van der Waals surface area contributed by atoms with E-state index in [9.17, 15) is 9.59 Å². The van der Waals surface area contributed by atoms with Crippen LogP contribution in [0.15, 0.2) is 54.7 Å². The van der Waals surface area contributed by atoms with Crippen molar-refractivity contribution in [3.05, 3.63) is 65.9 Å². The molecule has 2 aromatic carbocycles. The van der Waals surface area contributed by atoms with Crippen molar-refractivity contribution in [1.82, 2.24) is 15.6 Å². The minimum Gasteiger partial charge on any atom is -0.361 e. The van der Waals surface area contributed by atoms with E-state index in [2.05, 4.69) is 21.7 Å². The molecular formula is C23H24N4O2. The number of hydrogen-bond acceptors (Lipinski definition) is 2. The number of urea groups is 1. The topological polar surface area (TPSA) is 77.2 Å². The standard InChI is InChI=1S/C23H24N4O2/c28-22(27-12-11-15-5-1-4-8-21(15)27)20(26-23(29)25-17-9-10-17)13-16-14-24-19-7-3-2-6-18(16)19/h1-8,14,17,20,24H,9-13H2,(H2,25,26,29)/t20-/m0/s1. The Labute approximate surface area is 169 Å². The molecule has 1 aliphatic carbocycles. The Balaban J connectivity index is 1.41. The Morgan fingerprint density at radius 2 is 1.90 bits per heavy atom. The molecule has 2 heterocycles. The molecule has 0 radical (unpaired) electrons. The van der Waals surface area contributed by atoms with Gasteiger partial charge in [0.15, 0.2) is 0 Å². The lowest BCUT2D eigenvalue weighted by Crippen LogP contribution is -2.52. The number of rotatable bonds is 5. The van der Waals surface area contributed by atoms with E-state index in [4.69, 9.17) is 0 Å². The second-order valence-corrected chi connectivity index (χ2v) is 7.88. The van der Waals surface area contributed by atoms with Crippen LogP contribution >= 0.6 is 0 Å². The van der Waals surface area contributed by atoms with Crippen molar-refractivity contribution < 1.29 is 9.59 Å². The van der Waals surface area contributed by atoms with Crippen LogP contribution in [0, 0.1) is 0 Å². The second kappa shape index (κ2) is 7.28. The van der Waals surface area contributed by atoms with Crippen LogP contribution in [-0.4, -0.2) is 35.6 Å². The summed E-state index contributed by atoms with van der Waals surface area (Å²) in [5, 5.41) is 6.96. The number of carbonyl (C=O) groups excluding carboxylic acids is 2. The highest BCUT2D eigenvalue weighted by molar-refractivity contribution is 6.01. The summed E-state index contributed by atoms with van der Waals surface area (Å²) < 4.78 is 0. The minimum atomic E-state index is -0.626. The van der Waals surface area contributed by atoms with Gasteiger partial charge in [-0.25, -0.2) is 4.79 Å². The van der Waals surface area contributed by atoms with Gasteiger partial charge in [-0.3, -0.25) is 4.79 Å². The molecule has 1 aromatic heterocycles. The smallest absolute Gasteiger partial charge is 0.315 e. The quantitative estimate of drug-likeness (QED) is 0.628. The number of para-hydroxylation sites is 2. The summed E-state index contributed by atoms with van der Waals surface area (Å²) in [5.41, 5.74) is 4.18. The van der Waals surface area contributed by atoms with Crippen molar-refractivity contribution in [2.45, 2.75) is 37.8 Å². The maximum absolute atomic E-state index is 13.5. The fourth-order valence-electron chi connectivity index (χ4n) is 4.09. The van der Waals surface area contributed by atoms with E-state index >= 15 is 0 Å². The Kier molecular flexibility index (Phi) is 4.46. The zero-order chi connectivity index (χ0) is 19.8. The van der Waals surface area contributed by atoms with Crippen LogP contribution in [0.1, 0.15) is 24.0 Å². The zero-order valence-electron chi connectivity index (χ0n) is 16.2. The molecule has 29 heavy (non-hydrogen) atoms. The van der Waals surface area contributed by atoms with Gasteiger partial charge in [-0.05, 0) is 42.5 Å². The van der Waals surface area contributed by atoms with Gasteiger partial charge in [0.1, 0.15) is 6.04 Å². The molecular weight excluding hydrogens is 364 g/mol. The number of fused-ring (bicyclic) bond motifs is 2. The molecule has 5 rings (SSSR count). The zero-order valence-corrected chi connectivity index (χ0v) is 16.2. The van der Waals surface area contributed by atoms with Gasteiger partial charge in [-0.1, -0.05) is 36.4 Å². The fraction of sp³-hybridized carbons (Fsp3) is 0.304. The molecule has 1 aliphatic heterocycles. The normalized spacial score (nSPS) is 16.5. The number of aromatic amines is 1.